The summed E-state index contributed by atoms with van der Waals surface area (Å²) in [5.41, 5.74) is 2.98. The van der Waals surface area contributed by atoms with Gasteiger partial charge in [-0.1, -0.05) is 41.1 Å². The predicted molar refractivity (Wildman–Crippen MR) is 118 cm³/mol. The van der Waals surface area contributed by atoms with E-state index in [1.807, 2.05) is 70.2 Å². The minimum Gasteiger partial charge on any atom is -0.493 e. The fourth-order valence-corrected chi connectivity index (χ4v) is 3.10. The van der Waals surface area contributed by atoms with Gasteiger partial charge in [-0.15, -0.1) is 0 Å². The zero-order valence-electron chi connectivity index (χ0n) is 18.6. The van der Waals surface area contributed by atoms with Gasteiger partial charge in [-0.3, -0.25) is 4.79 Å². The minimum atomic E-state index is -0.180. The SMILES string of the molecule is COc1cc(C(C)NC(=O)CCc2nc(-c3ccc(C)cc3)no2)ccc1OC(C)C. The number of hydrogen-bond acceptors (Lipinski definition) is 6. The third kappa shape index (κ3) is 6.07. The van der Waals surface area contributed by atoms with Crippen molar-refractivity contribution in [2.75, 3.05) is 7.11 Å². The molecule has 0 saturated heterocycles. The maximum absolute atomic E-state index is 12.4. The highest BCUT2D eigenvalue weighted by Gasteiger charge is 2.15. The Balaban J connectivity index is 1.55. The maximum atomic E-state index is 12.4. The highest BCUT2D eigenvalue weighted by atomic mass is 16.5. The standard InChI is InChI=1S/C24H29N3O4/c1-15(2)30-20-11-10-19(14-21(20)29-5)17(4)25-22(28)12-13-23-26-24(27-31-23)18-8-6-16(3)7-9-18/h6-11,14-15,17H,12-13H2,1-5H3,(H,25,28). The summed E-state index contributed by atoms with van der Waals surface area (Å²) in [5, 5.41) is 7.00. The van der Waals surface area contributed by atoms with Crippen molar-refractivity contribution in [2.24, 2.45) is 0 Å². The summed E-state index contributed by atoms with van der Waals surface area (Å²) in [7, 11) is 1.60. The van der Waals surface area contributed by atoms with E-state index in [1.165, 1.54) is 0 Å². The van der Waals surface area contributed by atoms with E-state index >= 15 is 0 Å². The van der Waals surface area contributed by atoms with Crippen molar-refractivity contribution in [1.29, 1.82) is 0 Å². The maximum Gasteiger partial charge on any atom is 0.227 e. The van der Waals surface area contributed by atoms with E-state index in [9.17, 15) is 4.79 Å². The molecule has 164 valence electrons. The summed E-state index contributed by atoms with van der Waals surface area (Å²) in [6, 6.07) is 13.4. The van der Waals surface area contributed by atoms with Gasteiger partial charge in [-0.2, -0.15) is 4.98 Å². The van der Waals surface area contributed by atoms with Gasteiger partial charge in [0.2, 0.25) is 17.6 Å². The van der Waals surface area contributed by atoms with Gasteiger partial charge in [-0.05, 0) is 45.4 Å². The van der Waals surface area contributed by atoms with Crippen molar-refractivity contribution in [1.82, 2.24) is 15.5 Å². The number of nitrogens with zero attached hydrogens (tertiary/aromatic N) is 2. The lowest BCUT2D eigenvalue weighted by Gasteiger charge is -2.18. The first-order chi connectivity index (χ1) is 14.9. The number of aryl methyl sites for hydroxylation is 2. The average Bonchev–Trinajstić information content (AvgIpc) is 3.21. The van der Waals surface area contributed by atoms with E-state index in [-0.39, 0.29) is 24.5 Å². The molecular weight excluding hydrogens is 394 g/mol. The van der Waals surface area contributed by atoms with Crippen LogP contribution >= 0.6 is 0 Å². The smallest absolute Gasteiger partial charge is 0.227 e. The Kier molecular flexibility index (Phi) is 7.28. The lowest BCUT2D eigenvalue weighted by molar-refractivity contribution is -0.121. The number of methoxy groups -OCH3 is 1. The first-order valence-corrected chi connectivity index (χ1v) is 10.4. The van der Waals surface area contributed by atoms with E-state index in [4.69, 9.17) is 14.0 Å². The number of amides is 1. The molecule has 1 aromatic heterocycles. The van der Waals surface area contributed by atoms with Crippen LogP contribution in [0.3, 0.4) is 0 Å². The Hall–Kier alpha value is -3.35. The predicted octanol–water partition coefficient (Wildman–Crippen LogP) is 4.65. The molecule has 7 heteroatoms. The normalized spacial score (nSPS) is 11.9. The van der Waals surface area contributed by atoms with Crippen LogP contribution in [0.1, 0.15) is 50.3 Å². The Morgan fingerprint density at radius 3 is 2.52 bits per heavy atom. The van der Waals surface area contributed by atoms with E-state index in [0.29, 0.717) is 29.6 Å². The van der Waals surface area contributed by atoms with Crippen LogP contribution in [0.15, 0.2) is 47.0 Å². The molecule has 0 radical (unpaired) electrons. The molecule has 0 aliphatic heterocycles. The van der Waals surface area contributed by atoms with Crippen LogP contribution in [0.5, 0.6) is 11.5 Å². The van der Waals surface area contributed by atoms with Crippen molar-refractivity contribution in [3.8, 4) is 22.9 Å². The van der Waals surface area contributed by atoms with Gasteiger partial charge in [-0.25, -0.2) is 0 Å². The summed E-state index contributed by atoms with van der Waals surface area (Å²) in [6.07, 6.45) is 0.682. The Bertz CT molecular complexity index is 1010. The van der Waals surface area contributed by atoms with E-state index < -0.39 is 0 Å². The number of hydrogen-bond donors (Lipinski definition) is 1. The summed E-state index contributed by atoms with van der Waals surface area (Å²) < 4.78 is 16.5. The molecule has 0 aliphatic carbocycles. The summed E-state index contributed by atoms with van der Waals surface area (Å²) in [6.45, 7) is 7.87. The van der Waals surface area contributed by atoms with Crippen LogP contribution in [0.4, 0.5) is 0 Å². The lowest BCUT2D eigenvalue weighted by Crippen LogP contribution is -2.26. The molecule has 1 atom stereocenters. The van der Waals surface area contributed by atoms with Gasteiger partial charge in [0.25, 0.3) is 0 Å². The van der Waals surface area contributed by atoms with E-state index in [0.717, 1.165) is 16.7 Å². The second-order valence-corrected chi connectivity index (χ2v) is 7.74. The lowest BCUT2D eigenvalue weighted by atomic mass is 10.1. The fraction of sp³-hybridized carbons (Fsp3) is 0.375. The van der Waals surface area contributed by atoms with Gasteiger partial charge in [0, 0.05) is 18.4 Å². The molecule has 3 aromatic rings. The third-order valence-electron chi connectivity index (χ3n) is 4.77. The number of carbonyl (C=O) groups excluding carboxylic acids is 1. The second kappa shape index (κ2) is 10.1. The molecule has 31 heavy (non-hydrogen) atoms. The van der Waals surface area contributed by atoms with Gasteiger partial charge in [0.05, 0.1) is 19.3 Å². The van der Waals surface area contributed by atoms with Crippen LogP contribution in [-0.2, 0) is 11.2 Å². The minimum absolute atomic E-state index is 0.0492. The highest BCUT2D eigenvalue weighted by Crippen LogP contribution is 2.31. The topological polar surface area (TPSA) is 86.5 Å². The van der Waals surface area contributed by atoms with Crippen LogP contribution < -0.4 is 14.8 Å². The number of nitrogens with one attached hydrogen (secondary N) is 1. The molecule has 0 bridgehead atoms. The van der Waals surface area contributed by atoms with Crippen molar-refractivity contribution in [3.05, 3.63) is 59.5 Å². The molecular formula is C24H29N3O4. The molecule has 1 N–H and O–H groups in total. The largest absolute Gasteiger partial charge is 0.493 e. The van der Waals surface area contributed by atoms with Crippen molar-refractivity contribution < 1.29 is 18.8 Å². The number of benzene rings is 2. The summed E-state index contributed by atoms with van der Waals surface area (Å²) >= 11 is 0. The average molecular weight is 424 g/mol. The molecule has 0 spiro atoms. The zero-order valence-corrected chi connectivity index (χ0v) is 18.6. The summed E-state index contributed by atoms with van der Waals surface area (Å²) in [5.74, 6) is 2.20. The molecule has 1 amide bonds. The van der Waals surface area contributed by atoms with Crippen molar-refractivity contribution in [2.45, 2.75) is 52.7 Å². The Labute approximate surface area is 182 Å². The Morgan fingerprint density at radius 2 is 1.84 bits per heavy atom. The van der Waals surface area contributed by atoms with Gasteiger partial charge in [0.15, 0.2) is 11.5 Å². The fourth-order valence-electron chi connectivity index (χ4n) is 3.10. The third-order valence-corrected chi connectivity index (χ3v) is 4.77. The van der Waals surface area contributed by atoms with Crippen molar-refractivity contribution in [3.63, 3.8) is 0 Å². The van der Waals surface area contributed by atoms with Gasteiger partial charge in [0.1, 0.15) is 0 Å². The molecule has 1 heterocycles. The molecule has 3 rings (SSSR count). The highest BCUT2D eigenvalue weighted by molar-refractivity contribution is 5.76. The molecule has 7 nitrogen and oxygen atoms in total. The molecule has 0 saturated carbocycles. The van der Waals surface area contributed by atoms with Crippen molar-refractivity contribution >= 4 is 5.91 Å². The van der Waals surface area contributed by atoms with Crippen LogP contribution in [-0.4, -0.2) is 29.3 Å². The number of ether oxygens (including phenoxy) is 2. The first-order valence-electron chi connectivity index (χ1n) is 10.4. The molecule has 0 aliphatic rings. The van der Waals surface area contributed by atoms with E-state index in [1.54, 1.807) is 7.11 Å². The zero-order chi connectivity index (χ0) is 22.4. The molecule has 0 fully saturated rings. The number of rotatable bonds is 9. The van der Waals surface area contributed by atoms with Crippen LogP contribution in [0.25, 0.3) is 11.4 Å². The van der Waals surface area contributed by atoms with E-state index in [2.05, 4.69) is 15.5 Å². The number of carbonyl (C=O) groups is 1. The van der Waals surface area contributed by atoms with Crippen LogP contribution in [0, 0.1) is 6.92 Å². The monoisotopic (exact) mass is 423 g/mol. The van der Waals surface area contributed by atoms with Crippen LogP contribution in [0.2, 0.25) is 0 Å². The Morgan fingerprint density at radius 1 is 1.10 bits per heavy atom. The van der Waals surface area contributed by atoms with Gasteiger partial charge >= 0.3 is 0 Å². The summed E-state index contributed by atoms with van der Waals surface area (Å²) in [4.78, 5) is 16.8. The second-order valence-electron chi connectivity index (χ2n) is 7.74. The molecule has 1 unspecified atom stereocenters. The first kappa shape index (κ1) is 22.3. The van der Waals surface area contributed by atoms with Gasteiger partial charge < -0.3 is 19.3 Å². The quantitative estimate of drug-likeness (QED) is 0.539. The molecule has 2 aromatic carbocycles. The number of aromatic nitrogens is 2.